The fourth-order valence-electron chi connectivity index (χ4n) is 1.94. The lowest BCUT2D eigenvalue weighted by atomic mass is 9.80. The average Bonchev–Trinajstić information content (AvgIpc) is 2.35. The zero-order valence-electron chi connectivity index (χ0n) is 10.1. The molecule has 1 heterocycles. The Morgan fingerprint density at radius 2 is 2.00 bits per heavy atom. The molecule has 102 valence electrons. The number of amides is 1. The van der Waals surface area contributed by atoms with Gasteiger partial charge in [0, 0.05) is 19.8 Å². The highest BCUT2D eigenvalue weighted by molar-refractivity contribution is 5.85. The highest BCUT2D eigenvalue weighted by Gasteiger charge is 2.45. The van der Waals surface area contributed by atoms with Crippen LogP contribution in [0.25, 0.3) is 0 Å². The third-order valence-corrected chi connectivity index (χ3v) is 3.01. The molecule has 0 bridgehead atoms. The Hall–Kier alpha value is -1.29. The highest BCUT2D eigenvalue weighted by Crippen LogP contribution is 2.33. The van der Waals surface area contributed by atoms with Gasteiger partial charge in [-0.1, -0.05) is 0 Å². The topological polar surface area (TPSA) is 53.3 Å². The van der Waals surface area contributed by atoms with Gasteiger partial charge in [-0.15, -0.1) is 0 Å². The van der Waals surface area contributed by atoms with Gasteiger partial charge in [-0.3, -0.25) is 4.79 Å². The summed E-state index contributed by atoms with van der Waals surface area (Å²) in [6, 6.07) is 1.88. The minimum atomic E-state index is -4.45. The summed E-state index contributed by atoms with van der Waals surface area (Å²) in [5.41, 5.74) is -1.36. The first kappa shape index (κ1) is 14.8. The minimum Gasteiger partial charge on any atom is -0.381 e. The van der Waals surface area contributed by atoms with Crippen molar-refractivity contribution in [2.45, 2.75) is 25.9 Å². The zero-order chi connectivity index (χ0) is 13.8. The van der Waals surface area contributed by atoms with Crippen molar-refractivity contribution in [3.05, 3.63) is 0 Å². The Labute approximate surface area is 103 Å². The van der Waals surface area contributed by atoms with Gasteiger partial charge in [-0.05, 0) is 19.8 Å². The number of hydrogen-bond acceptors (Lipinski definition) is 3. The summed E-state index contributed by atoms with van der Waals surface area (Å²) in [5.74, 6) is -0.742. The average molecular weight is 264 g/mol. The lowest BCUT2D eigenvalue weighted by molar-refractivity contribution is -0.168. The Bertz CT molecular complexity index is 343. The smallest absolute Gasteiger partial charge is 0.381 e. The predicted octanol–water partition coefficient (Wildman–Crippen LogP) is 1.72. The summed E-state index contributed by atoms with van der Waals surface area (Å²) >= 11 is 0. The molecule has 0 N–H and O–H groups in total. The molecule has 1 fully saturated rings. The van der Waals surface area contributed by atoms with Crippen molar-refractivity contribution >= 4 is 5.91 Å². The molecule has 0 saturated carbocycles. The molecular formula is C11H15F3N2O2. The van der Waals surface area contributed by atoms with Gasteiger partial charge in [0.25, 0.3) is 0 Å². The summed E-state index contributed by atoms with van der Waals surface area (Å²) in [4.78, 5) is 12.8. The standard InChI is InChI=1S/C11H15F3N2O2/c1-2-16(8-11(12,13)14)9(17)10(7-15)3-5-18-6-4-10/h2-6,8H2,1H3. The molecule has 0 radical (unpaired) electrons. The lowest BCUT2D eigenvalue weighted by Gasteiger charge is -2.34. The van der Waals surface area contributed by atoms with Gasteiger partial charge in [0.15, 0.2) is 0 Å². The third-order valence-electron chi connectivity index (χ3n) is 3.01. The summed E-state index contributed by atoms with van der Waals surface area (Å²) in [5, 5.41) is 9.12. The van der Waals surface area contributed by atoms with Crippen molar-refractivity contribution in [2.75, 3.05) is 26.3 Å². The number of ether oxygens (including phenoxy) is 1. The van der Waals surface area contributed by atoms with Crippen LogP contribution in [-0.4, -0.2) is 43.3 Å². The van der Waals surface area contributed by atoms with Gasteiger partial charge in [0.1, 0.15) is 12.0 Å². The fraction of sp³-hybridized carbons (Fsp3) is 0.818. The summed E-state index contributed by atoms with van der Waals surface area (Å²) < 4.78 is 42.1. The Morgan fingerprint density at radius 3 is 2.39 bits per heavy atom. The van der Waals surface area contributed by atoms with E-state index < -0.39 is 24.0 Å². The van der Waals surface area contributed by atoms with Crippen molar-refractivity contribution in [1.29, 1.82) is 5.26 Å². The molecule has 4 nitrogen and oxygen atoms in total. The molecule has 1 amide bonds. The highest BCUT2D eigenvalue weighted by atomic mass is 19.4. The van der Waals surface area contributed by atoms with E-state index in [9.17, 15) is 18.0 Å². The van der Waals surface area contributed by atoms with E-state index in [2.05, 4.69) is 0 Å². The van der Waals surface area contributed by atoms with Crippen LogP contribution in [0.4, 0.5) is 13.2 Å². The van der Waals surface area contributed by atoms with Crippen molar-refractivity contribution in [3.63, 3.8) is 0 Å². The van der Waals surface area contributed by atoms with Crippen LogP contribution < -0.4 is 0 Å². The molecule has 1 saturated heterocycles. The molecule has 0 atom stereocenters. The number of carbonyl (C=O) groups excluding carboxylic acids is 1. The van der Waals surface area contributed by atoms with E-state index in [-0.39, 0.29) is 32.6 Å². The third kappa shape index (κ3) is 3.35. The summed E-state index contributed by atoms with van der Waals surface area (Å²) in [6.45, 7) is 0.537. The van der Waals surface area contributed by atoms with Gasteiger partial charge < -0.3 is 9.64 Å². The quantitative estimate of drug-likeness (QED) is 0.779. The van der Waals surface area contributed by atoms with Crippen LogP contribution >= 0.6 is 0 Å². The number of nitriles is 1. The largest absolute Gasteiger partial charge is 0.406 e. The van der Waals surface area contributed by atoms with Crippen LogP contribution in [0.2, 0.25) is 0 Å². The van der Waals surface area contributed by atoms with Crippen molar-refractivity contribution in [2.24, 2.45) is 5.41 Å². The second-order valence-corrected chi connectivity index (χ2v) is 4.24. The summed E-state index contributed by atoms with van der Waals surface area (Å²) in [7, 11) is 0. The van der Waals surface area contributed by atoms with Crippen LogP contribution in [0.1, 0.15) is 19.8 Å². The molecule has 0 spiro atoms. The number of alkyl halides is 3. The van der Waals surface area contributed by atoms with Gasteiger partial charge in [-0.25, -0.2) is 0 Å². The van der Waals surface area contributed by atoms with Gasteiger partial charge >= 0.3 is 6.18 Å². The van der Waals surface area contributed by atoms with Gasteiger partial charge in [0.2, 0.25) is 5.91 Å². The van der Waals surface area contributed by atoms with E-state index in [4.69, 9.17) is 10.00 Å². The molecular weight excluding hydrogens is 249 g/mol. The normalized spacial score (nSPS) is 19.1. The van der Waals surface area contributed by atoms with Crippen molar-refractivity contribution in [3.8, 4) is 6.07 Å². The Balaban J connectivity index is 2.85. The van der Waals surface area contributed by atoms with Crippen LogP contribution in [0.5, 0.6) is 0 Å². The van der Waals surface area contributed by atoms with E-state index in [1.165, 1.54) is 6.92 Å². The molecule has 0 aromatic heterocycles. The monoisotopic (exact) mass is 264 g/mol. The first-order valence-electron chi connectivity index (χ1n) is 5.70. The molecule has 1 aliphatic rings. The Morgan fingerprint density at radius 1 is 1.44 bits per heavy atom. The van der Waals surface area contributed by atoms with E-state index in [1.54, 1.807) is 0 Å². The molecule has 0 aromatic carbocycles. The first-order valence-corrected chi connectivity index (χ1v) is 5.70. The minimum absolute atomic E-state index is 0.0668. The lowest BCUT2D eigenvalue weighted by Crippen LogP contribution is -2.49. The number of hydrogen-bond donors (Lipinski definition) is 0. The maximum Gasteiger partial charge on any atom is 0.406 e. The van der Waals surface area contributed by atoms with E-state index in [0.717, 1.165) is 0 Å². The fourth-order valence-corrected chi connectivity index (χ4v) is 1.94. The summed E-state index contributed by atoms with van der Waals surface area (Å²) in [6.07, 6.45) is -4.15. The number of nitrogens with zero attached hydrogens (tertiary/aromatic N) is 2. The van der Waals surface area contributed by atoms with Gasteiger partial charge in [-0.2, -0.15) is 18.4 Å². The number of halogens is 3. The molecule has 0 unspecified atom stereocenters. The van der Waals surface area contributed by atoms with Crippen LogP contribution in [0.3, 0.4) is 0 Å². The van der Waals surface area contributed by atoms with Gasteiger partial charge in [0.05, 0.1) is 6.07 Å². The second-order valence-electron chi connectivity index (χ2n) is 4.24. The molecule has 1 rings (SSSR count). The molecule has 0 aromatic rings. The predicted molar refractivity (Wildman–Crippen MR) is 56.4 cm³/mol. The molecule has 1 aliphatic heterocycles. The van der Waals surface area contributed by atoms with E-state index >= 15 is 0 Å². The number of rotatable bonds is 3. The van der Waals surface area contributed by atoms with Crippen LogP contribution in [0, 0.1) is 16.7 Å². The first-order chi connectivity index (χ1) is 8.34. The SMILES string of the molecule is CCN(CC(F)(F)F)C(=O)C1(C#N)CCOCC1. The molecule has 7 heteroatoms. The van der Waals surface area contributed by atoms with Crippen molar-refractivity contribution in [1.82, 2.24) is 4.90 Å². The second kappa shape index (κ2) is 5.57. The maximum atomic E-state index is 12.3. The van der Waals surface area contributed by atoms with Crippen LogP contribution in [-0.2, 0) is 9.53 Å². The molecule has 18 heavy (non-hydrogen) atoms. The zero-order valence-corrected chi connectivity index (χ0v) is 10.1. The van der Waals surface area contributed by atoms with E-state index in [1.807, 2.05) is 6.07 Å². The van der Waals surface area contributed by atoms with Crippen molar-refractivity contribution < 1.29 is 22.7 Å². The van der Waals surface area contributed by atoms with Crippen LogP contribution in [0.15, 0.2) is 0 Å². The maximum absolute atomic E-state index is 12.3. The Kier molecular flexibility index (Phi) is 4.57. The molecule has 0 aliphatic carbocycles. The van der Waals surface area contributed by atoms with E-state index in [0.29, 0.717) is 4.90 Å². The number of carbonyl (C=O) groups is 1.